The van der Waals surface area contributed by atoms with Crippen molar-refractivity contribution < 1.29 is 59.9 Å². The molecule has 41 heavy (non-hydrogen) atoms. The number of rotatable bonds is 4. The normalized spacial score (nSPS) is 56.9. The molecular weight excluding hydrogens is 540 g/mol. The van der Waals surface area contributed by atoms with E-state index in [4.69, 9.17) is 14.2 Å². The lowest BCUT2D eigenvalue weighted by Gasteiger charge is -2.68. The molecule has 0 spiro atoms. The number of ether oxygens (including phenoxy) is 3. The molecule has 6 aliphatic rings. The van der Waals surface area contributed by atoms with Gasteiger partial charge in [0.2, 0.25) is 0 Å². The van der Waals surface area contributed by atoms with Crippen LogP contribution in [-0.4, -0.2) is 120 Å². The lowest BCUT2D eigenvalue weighted by Crippen LogP contribution is -2.76. The molecule has 0 aromatic rings. The van der Waals surface area contributed by atoms with Crippen LogP contribution >= 0.6 is 0 Å². The van der Waals surface area contributed by atoms with Gasteiger partial charge in [-0.15, -0.1) is 0 Å². The predicted octanol–water partition coefficient (Wildman–Crippen LogP) is -1.51. The molecule has 12 nitrogen and oxygen atoms in total. The van der Waals surface area contributed by atoms with Crippen molar-refractivity contribution in [1.82, 2.24) is 0 Å². The second-order valence-corrected chi connectivity index (χ2v) is 13.8. The number of hydrogen-bond donors (Lipinski definition) is 8. The maximum Gasteiger partial charge on any atom is 0.331 e. The van der Waals surface area contributed by atoms with E-state index in [0.717, 1.165) is 5.57 Å². The topological polar surface area (TPSA) is 207 Å². The van der Waals surface area contributed by atoms with Crippen molar-refractivity contribution in [1.29, 1.82) is 0 Å². The van der Waals surface area contributed by atoms with Gasteiger partial charge >= 0.3 is 5.97 Å². The van der Waals surface area contributed by atoms with Gasteiger partial charge in [0.05, 0.1) is 47.6 Å². The molecule has 0 bridgehead atoms. The Morgan fingerprint density at radius 1 is 1.02 bits per heavy atom. The van der Waals surface area contributed by atoms with E-state index in [9.17, 15) is 45.6 Å². The van der Waals surface area contributed by atoms with Crippen molar-refractivity contribution in [3.63, 3.8) is 0 Å². The second-order valence-electron chi connectivity index (χ2n) is 13.8. The summed E-state index contributed by atoms with van der Waals surface area (Å²) in [6.45, 7) is 3.00. The highest BCUT2D eigenvalue weighted by atomic mass is 16.7. The Morgan fingerprint density at radius 3 is 2.41 bits per heavy atom. The molecule has 1 unspecified atom stereocenters. The van der Waals surface area contributed by atoms with Crippen molar-refractivity contribution in [2.45, 2.75) is 119 Å². The SMILES string of the molecule is C[C@@H]1O[C@@H](O[C@H]2C[C@@H](O)[C@]3(CO)[C@@H]4C(CC[C@]3(O)C2)[C@@]2(O)CC[C@H](C3=CC(=O)OC3)[C@@]2(C)C[C@H]4O)[C@H](O)[C@H](O)[C@H]1O. The molecule has 8 N–H and O–H groups in total. The minimum Gasteiger partial charge on any atom is -0.458 e. The highest BCUT2D eigenvalue weighted by molar-refractivity contribution is 5.85. The van der Waals surface area contributed by atoms with Crippen LogP contribution in [0.5, 0.6) is 0 Å². The third-order valence-corrected chi connectivity index (χ3v) is 12.2. The smallest absolute Gasteiger partial charge is 0.331 e. The first-order chi connectivity index (χ1) is 19.2. The van der Waals surface area contributed by atoms with Crippen LogP contribution in [0.3, 0.4) is 0 Å². The Bertz CT molecular complexity index is 1080. The largest absolute Gasteiger partial charge is 0.458 e. The van der Waals surface area contributed by atoms with Crippen molar-refractivity contribution in [3.8, 4) is 0 Å². The number of carbonyl (C=O) groups excluding carboxylic acids is 1. The highest BCUT2D eigenvalue weighted by Gasteiger charge is 2.75. The molecule has 1 saturated heterocycles. The van der Waals surface area contributed by atoms with Gasteiger partial charge in [-0.05, 0) is 56.4 Å². The van der Waals surface area contributed by atoms with Gasteiger partial charge in [0.25, 0.3) is 0 Å². The third kappa shape index (κ3) is 3.99. The summed E-state index contributed by atoms with van der Waals surface area (Å²) < 4.78 is 16.7. The first-order valence-electron chi connectivity index (χ1n) is 14.9. The molecule has 15 atom stereocenters. The Balaban J connectivity index is 1.28. The summed E-state index contributed by atoms with van der Waals surface area (Å²) in [5.41, 5.74) is -4.46. The predicted molar refractivity (Wildman–Crippen MR) is 139 cm³/mol. The summed E-state index contributed by atoms with van der Waals surface area (Å²) in [4.78, 5) is 11.8. The average Bonchev–Trinajstić information content (AvgIpc) is 3.45. The van der Waals surface area contributed by atoms with Crippen molar-refractivity contribution >= 4 is 5.97 Å². The van der Waals surface area contributed by atoms with Gasteiger partial charge < -0.3 is 55.1 Å². The molecule has 232 valence electrons. The Hall–Kier alpha value is -1.19. The van der Waals surface area contributed by atoms with E-state index in [1.54, 1.807) is 0 Å². The van der Waals surface area contributed by atoms with Gasteiger partial charge in [0.1, 0.15) is 24.9 Å². The number of cyclic esters (lactones) is 1. The van der Waals surface area contributed by atoms with Gasteiger partial charge in [0, 0.05) is 30.3 Å². The zero-order valence-corrected chi connectivity index (χ0v) is 23.5. The molecule has 4 aliphatic carbocycles. The molecule has 0 aromatic heterocycles. The highest BCUT2D eigenvalue weighted by Crippen LogP contribution is 2.70. The summed E-state index contributed by atoms with van der Waals surface area (Å²) in [5.74, 6) is -1.93. The van der Waals surface area contributed by atoms with Crippen LogP contribution in [0.2, 0.25) is 0 Å². The number of hydrogen-bond acceptors (Lipinski definition) is 12. The van der Waals surface area contributed by atoms with E-state index in [1.165, 1.54) is 13.0 Å². The van der Waals surface area contributed by atoms with Crippen molar-refractivity contribution in [2.24, 2.45) is 28.6 Å². The van der Waals surface area contributed by atoms with E-state index in [2.05, 4.69) is 0 Å². The van der Waals surface area contributed by atoms with Crippen LogP contribution < -0.4 is 0 Å². The fourth-order valence-corrected chi connectivity index (χ4v) is 10.1. The van der Waals surface area contributed by atoms with Crippen LogP contribution in [0, 0.1) is 28.6 Å². The number of carbonyl (C=O) groups is 1. The molecule has 0 aromatic carbocycles. The Morgan fingerprint density at radius 2 is 1.76 bits per heavy atom. The van der Waals surface area contributed by atoms with Gasteiger partial charge in [-0.25, -0.2) is 4.79 Å². The molecule has 2 aliphatic heterocycles. The monoisotopic (exact) mass is 584 g/mol. The number of esters is 1. The van der Waals surface area contributed by atoms with Crippen LogP contribution in [0.1, 0.15) is 58.8 Å². The lowest BCUT2D eigenvalue weighted by atomic mass is 9.40. The second kappa shape index (κ2) is 9.91. The molecule has 6 rings (SSSR count). The third-order valence-electron chi connectivity index (χ3n) is 12.2. The first kappa shape index (κ1) is 29.9. The average molecular weight is 585 g/mol. The van der Waals surface area contributed by atoms with Crippen LogP contribution in [0.25, 0.3) is 0 Å². The molecule has 12 heteroatoms. The van der Waals surface area contributed by atoms with Crippen LogP contribution in [-0.2, 0) is 19.0 Å². The van der Waals surface area contributed by atoms with E-state index < -0.39 is 95.5 Å². The molecule has 0 amide bonds. The van der Waals surface area contributed by atoms with Crippen molar-refractivity contribution in [2.75, 3.05) is 13.2 Å². The minimum atomic E-state index is -1.67. The molecule has 5 fully saturated rings. The summed E-state index contributed by atoms with van der Waals surface area (Å²) in [6.07, 6.45) is -6.68. The van der Waals surface area contributed by atoms with Gasteiger partial charge in [-0.1, -0.05) is 6.92 Å². The Labute approximate surface area is 238 Å². The minimum absolute atomic E-state index is 0.0369. The van der Waals surface area contributed by atoms with Crippen LogP contribution in [0.4, 0.5) is 0 Å². The van der Waals surface area contributed by atoms with E-state index in [-0.39, 0.29) is 38.2 Å². The van der Waals surface area contributed by atoms with Gasteiger partial charge in [0.15, 0.2) is 6.29 Å². The zero-order valence-electron chi connectivity index (χ0n) is 23.5. The maximum absolute atomic E-state index is 12.4. The summed E-state index contributed by atoms with van der Waals surface area (Å²) in [7, 11) is 0. The van der Waals surface area contributed by atoms with E-state index >= 15 is 0 Å². The van der Waals surface area contributed by atoms with Crippen molar-refractivity contribution in [3.05, 3.63) is 11.6 Å². The van der Waals surface area contributed by atoms with E-state index in [0.29, 0.717) is 19.3 Å². The standard InChI is InChI=1S/C29H44O12/c1-13-22(34)23(35)24(36)25(40-13)41-15-8-19(32)28(12-30)21-17(3-5-27(28,37)9-15)29(38)6-4-16(14-7-20(33)39-11-14)26(29,2)10-18(21)31/h7,13,15-19,21-25,30-32,34-38H,3-6,8-12H2,1-2H3/t13-,15-,16+,17?,18+,19+,21+,22-,23+,24+,25-,26+,27-,28+,29-/m0/s1. The number of aliphatic hydroxyl groups is 8. The maximum atomic E-state index is 12.4. The fraction of sp³-hybridized carbons (Fsp3) is 0.897. The molecule has 0 radical (unpaired) electrons. The number of fused-ring (bicyclic) bond motifs is 5. The summed E-state index contributed by atoms with van der Waals surface area (Å²) in [5, 5.41) is 89.6. The summed E-state index contributed by atoms with van der Waals surface area (Å²) >= 11 is 0. The molecular formula is C29H44O12. The zero-order chi connectivity index (χ0) is 29.7. The fourth-order valence-electron chi connectivity index (χ4n) is 10.1. The number of aliphatic hydroxyl groups excluding tert-OH is 6. The lowest BCUT2D eigenvalue weighted by molar-refractivity contribution is -0.342. The summed E-state index contributed by atoms with van der Waals surface area (Å²) in [6, 6.07) is 0. The Kier molecular flexibility index (Phi) is 7.22. The molecule has 2 heterocycles. The van der Waals surface area contributed by atoms with Crippen LogP contribution in [0.15, 0.2) is 11.6 Å². The first-order valence-corrected chi connectivity index (χ1v) is 14.9. The van der Waals surface area contributed by atoms with Gasteiger partial charge in [-0.3, -0.25) is 0 Å². The van der Waals surface area contributed by atoms with E-state index in [1.807, 2.05) is 6.92 Å². The van der Waals surface area contributed by atoms with Gasteiger partial charge in [-0.2, -0.15) is 0 Å². The molecule has 4 saturated carbocycles. The quantitative estimate of drug-likeness (QED) is 0.140.